The van der Waals surface area contributed by atoms with Crippen molar-refractivity contribution in [3.05, 3.63) is 57.1 Å². The third-order valence-corrected chi connectivity index (χ3v) is 3.94. The molecule has 4 heteroatoms. The highest BCUT2D eigenvalue weighted by Crippen LogP contribution is 2.36. The minimum absolute atomic E-state index is 0.0442. The molecule has 0 heterocycles. The summed E-state index contributed by atoms with van der Waals surface area (Å²) in [6, 6.07) is 9.11. The molecule has 0 fully saturated rings. The monoisotopic (exact) mass is 324 g/mol. The Hall–Kier alpha value is -1.22. The fourth-order valence-corrected chi connectivity index (χ4v) is 2.74. The van der Waals surface area contributed by atoms with Gasteiger partial charge in [-0.2, -0.15) is 0 Å². The molecule has 0 spiro atoms. The van der Waals surface area contributed by atoms with Crippen LogP contribution in [0.15, 0.2) is 30.3 Å². The van der Waals surface area contributed by atoms with Crippen LogP contribution in [0.1, 0.15) is 36.5 Å². The Kier molecular flexibility index (Phi) is 5.15. The van der Waals surface area contributed by atoms with Crippen LogP contribution in [0.25, 0.3) is 0 Å². The zero-order valence-electron chi connectivity index (χ0n) is 12.3. The van der Waals surface area contributed by atoms with E-state index in [1.54, 1.807) is 18.2 Å². The Morgan fingerprint density at radius 3 is 2.33 bits per heavy atom. The van der Waals surface area contributed by atoms with Crippen LogP contribution in [0, 0.1) is 6.92 Å². The SMILES string of the molecule is Cc1cc(Cl)c(C(C)C)cc1Oc1ccc(CO)cc1Cl. The van der Waals surface area contributed by atoms with E-state index in [2.05, 4.69) is 13.8 Å². The van der Waals surface area contributed by atoms with Gasteiger partial charge in [-0.3, -0.25) is 0 Å². The number of ether oxygens (including phenoxy) is 1. The fourth-order valence-electron chi connectivity index (χ4n) is 2.06. The molecule has 112 valence electrons. The van der Waals surface area contributed by atoms with Crippen LogP contribution in [-0.2, 0) is 6.61 Å². The zero-order valence-corrected chi connectivity index (χ0v) is 13.8. The number of hydrogen-bond acceptors (Lipinski definition) is 2. The van der Waals surface area contributed by atoms with Crippen molar-refractivity contribution < 1.29 is 9.84 Å². The molecule has 2 aromatic carbocycles. The van der Waals surface area contributed by atoms with E-state index in [1.165, 1.54) is 0 Å². The third-order valence-electron chi connectivity index (χ3n) is 3.32. The second-order valence-electron chi connectivity index (χ2n) is 5.32. The minimum atomic E-state index is -0.0442. The Morgan fingerprint density at radius 1 is 1.05 bits per heavy atom. The van der Waals surface area contributed by atoms with Gasteiger partial charge in [-0.25, -0.2) is 0 Å². The molecule has 0 saturated carbocycles. The number of benzene rings is 2. The first-order chi connectivity index (χ1) is 9.92. The summed E-state index contributed by atoms with van der Waals surface area (Å²) in [4.78, 5) is 0. The Balaban J connectivity index is 2.37. The van der Waals surface area contributed by atoms with Crippen molar-refractivity contribution in [3.63, 3.8) is 0 Å². The molecular weight excluding hydrogens is 307 g/mol. The molecule has 2 rings (SSSR count). The first-order valence-corrected chi connectivity index (χ1v) is 7.55. The van der Waals surface area contributed by atoms with Gasteiger partial charge in [0.15, 0.2) is 0 Å². The molecule has 0 unspecified atom stereocenters. The maximum atomic E-state index is 9.10. The molecule has 21 heavy (non-hydrogen) atoms. The average molecular weight is 325 g/mol. The number of aryl methyl sites for hydroxylation is 1. The molecule has 0 aliphatic carbocycles. The third kappa shape index (κ3) is 3.70. The molecule has 0 bridgehead atoms. The summed E-state index contributed by atoms with van der Waals surface area (Å²) in [6.45, 7) is 6.07. The van der Waals surface area contributed by atoms with Crippen molar-refractivity contribution in [1.82, 2.24) is 0 Å². The van der Waals surface area contributed by atoms with Crippen LogP contribution in [0.5, 0.6) is 11.5 Å². The van der Waals surface area contributed by atoms with Crippen molar-refractivity contribution in [2.24, 2.45) is 0 Å². The average Bonchev–Trinajstić information content (AvgIpc) is 2.43. The molecule has 0 atom stereocenters. The van der Waals surface area contributed by atoms with Crippen LogP contribution in [0.4, 0.5) is 0 Å². The first-order valence-electron chi connectivity index (χ1n) is 6.79. The molecule has 2 aromatic rings. The highest BCUT2D eigenvalue weighted by atomic mass is 35.5. The zero-order chi connectivity index (χ0) is 15.6. The highest BCUT2D eigenvalue weighted by molar-refractivity contribution is 6.32. The van der Waals surface area contributed by atoms with E-state index in [9.17, 15) is 0 Å². The number of halogens is 2. The van der Waals surface area contributed by atoms with Gasteiger partial charge >= 0.3 is 0 Å². The van der Waals surface area contributed by atoms with Gasteiger partial charge in [0, 0.05) is 5.02 Å². The number of aliphatic hydroxyl groups excluding tert-OH is 1. The van der Waals surface area contributed by atoms with Crippen molar-refractivity contribution >= 4 is 23.2 Å². The van der Waals surface area contributed by atoms with E-state index >= 15 is 0 Å². The number of hydrogen-bond donors (Lipinski definition) is 1. The molecule has 0 aromatic heterocycles. The molecule has 0 amide bonds. The van der Waals surface area contributed by atoms with Crippen LogP contribution in [0.3, 0.4) is 0 Å². The van der Waals surface area contributed by atoms with Crippen LogP contribution in [-0.4, -0.2) is 5.11 Å². The smallest absolute Gasteiger partial charge is 0.146 e. The Labute approximate surface area is 135 Å². The van der Waals surface area contributed by atoms with Gasteiger partial charge in [-0.1, -0.05) is 43.1 Å². The summed E-state index contributed by atoms with van der Waals surface area (Å²) in [5, 5.41) is 10.3. The molecule has 0 aliphatic heterocycles. The normalized spacial score (nSPS) is 11.0. The summed E-state index contributed by atoms with van der Waals surface area (Å²) >= 11 is 12.4. The van der Waals surface area contributed by atoms with Gasteiger partial charge in [0.1, 0.15) is 11.5 Å². The van der Waals surface area contributed by atoms with Gasteiger partial charge in [-0.15, -0.1) is 0 Å². The lowest BCUT2D eigenvalue weighted by atomic mass is 10.0. The van der Waals surface area contributed by atoms with Gasteiger partial charge in [0.2, 0.25) is 0 Å². The van der Waals surface area contributed by atoms with Crippen molar-refractivity contribution in [1.29, 1.82) is 0 Å². The molecule has 2 nitrogen and oxygen atoms in total. The van der Waals surface area contributed by atoms with E-state index < -0.39 is 0 Å². The summed E-state index contributed by atoms with van der Waals surface area (Å²) in [5.41, 5.74) is 2.75. The van der Waals surface area contributed by atoms with Gasteiger partial charge in [-0.05, 0) is 53.8 Å². The number of aliphatic hydroxyl groups is 1. The van der Waals surface area contributed by atoms with E-state index in [4.69, 9.17) is 33.0 Å². The standard InChI is InChI=1S/C17H18Cl2O2/c1-10(2)13-8-17(11(3)6-14(13)18)21-16-5-4-12(9-20)7-15(16)19/h4-8,10,20H,9H2,1-3H3. The summed E-state index contributed by atoms with van der Waals surface area (Å²) in [7, 11) is 0. The van der Waals surface area contributed by atoms with Crippen molar-refractivity contribution in [2.75, 3.05) is 0 Å². The van der Waals surface area contributed by atoms with Crippen LogP contribution in [0.2, 0.25) is 10.0 Å². The minimum Gasteiger partial charge on any atom is -0.456 e. The maximum absolute atomic E-state index is 9.10. The lowest BCUT2D eigenvalue weighted by molar-refractivity contribution is 0.281. The van der Waals surface area contributed by atoms with Gasteiger partial charge in [0.05, 0.1) is 11.6 Å². The predicted octanol–water partition coefficient (Wildman–Crippen LogP) is 5.71. The van der Waals surface area contributed by atoms with E-state index in [0.717, 1.165) is 27.5 Å². The van der Waals surface area contributed by atoms with E-state index in [-0.39, 0.29) is 6.61 Å². The largest absolute Gasteiger partial charge is 0.456 e. The van der Waals surface area contributed by atoms with Crippen molar-refractivity contribution in [3.8, 4) is 11.5 Å². The summed E-state index contributed by atoms with van der Waals surface area (Å²) in [6.07, 6.45) is 0. The summed E-state index contributed by atoms with van der Waals surface area (Å²) in [5.74, 6) is 1.61. The van der Waals surface area contributed by atoms with Gasteiger partial charge in [0.25, 0.3) is 0 Å². The molecule has 0 radical (unpaired) electrons. The Morgan fingerprint density at radius 2 is 1.76 bits per heavy atom. The van der Waals surface area contributed by atoms with E-state index in [0.29, 0.717) is 16.7 Å². The van der Waals surface area contributed by atoms with Crippen LogP contribution < -0.4 is 4.74 Å². The second-order valence-corrected chi connectivity index (χ2v) is 6.13. The van der Waals surface area contributed by atoms with Gasteiger partial charge < -0.3 is 9.84 Å². The lowest BCUT2D eigenvalue weighted by Gasteiger charge is -2.15. The van der Waals surface area contributed by atoms with Crippen LogP contribution >= 0.6 is 23.2 Å². The molecule has 0 aliphatic rings. The van der Waals surface area contributed by atoms with Crippen molar-refractivity contribution in [2.45, 2.75) is 33.3 Å². The fraction of sp³-hybridized carbons (Fsp3) is 0.294. The summed E-state index contributed by atoms with van der Waals surface area (Å²) < 4.78 is 5.91. The Bertz CT molecular complexity index is 651. The number of rotatable bonds is 4. The molecule has 0 saturated heterocycles. The lowest BCUT2D eigenvalue weighted by Crippen LogP contribution is -1.95. The van der Waals surface area contributed by atoms with E-state index in [1.807, 2.05) is 19.1 Å². The molecular formula is C17H18Cl2O2. The first kappa shape index (κ1) is 16.2. The topological polar surface area (TPSA) is 29.5 Å². The highest BCUT2D eigenvalue weighted by Gasteiger charge is 2.12. The maximum Gasteiger partial charge on any atom is 0.146 e. The second kappa shape index (κ2) is 6.69. The molecule has 1 N–H and O–H groups in total. The predicted molar refractivity (Wildman–Crippen MR) is 87.7 cm³/mol. The quantitative estimate of drug-likeness (QED) is 0.780.